The van der Waals surface area contributed by atoms with Crippen molar-refractivity contribution < 1.29 is 23.9 Å². The van der Waals surface area contributed by atoms with Gasteiger partial charge >= 0.3 is 0 Å². The van der Waals surface area contributed by atoms with Crippen LogP contribution >= 0.6 is 23.2 Å². The van der Waals surface area contributed by atoms with Crippen molar-refractivity contribution in [3.05, 3.63) is 75.3 Å². The minimum atomic E-state index is -0.742. The van der Waals surface area contributed by atoms with Crippen LogP contribution in [0.25, 0.3) is 0 Å². The Kier molecular flexibility index (Phi) is 6.77. The smallest absolute Gasteiger partial charge is 0.274 e. The van der Waals surface area contributed by atoms with Crippen molar-refractivity contribution in [2.24, 2.45) is 11.8 Å². The second kappa shape index (κ2) is 9.60. The van der Waals surface area contributed by atoms with Gasteiger partial charge in [0.05, 0.1) is 29.5 Å². The monoisotopic (exact) mass is 500 g/mol. The number of halogens is 2. The van der Waals surface area contributed by atoms with Gasteiger partial charge in [-0.3, -0.25) is 19.2 Å². The average Bonchev–Trinajstić information content (AvgIpc) is 3.06. The maximum atomic E-state index is 13.6. The molecule has 0 aromatic heterocycles. The van der Waals surface area contributed by atoms with E-state index in [1.807, 2.05) is 13.0 Å². The SMILES string of the molecule is COc1ccc(C(=O)CN(C(=O)c2ccc(Cl)cc2Cl)N2C(=O)[C@H]3CC=C(C)C[C@H]3C2=O)cc1. The van der Waals surface area contributed by atoms with Crippen molar-refractivity contribution in [1.82, 2.24) is 10.0 Å². The molecule has 1 fully saturated rings. The van der Waals surface area contributed by atoms with Crippen molar-refractivity contribution in [3.63, 3.8) is 0 Å². The van der Waals surface area contributed by atoms with E-state index in [1.54, 1.807) is 24.3 Å². The van der Waals surface area contributed by atoms with E-state index in [0.717, 1.165) is 15.6 Å². The zero-order valence-corrected chi connectivity index (χ0v) is 20.1. The van der Waals surface area contributed by atoms with E-state index >= 15 is 0 Å². The molecule has 34 heavy (non-hydrogen) atoms. The summed E-state index contributed by atoms with van der Waals surface area (Å²) in [7, 11) is 1.51. The van der Waals surface area contributed by atoms with E-state index in [2.05, 4.69) is 0 Å². The fourth-order valence-corrected chi connectivity index (χ4v) is 4.79. The van der Waals surface area contributed by atoms with E-state index < -0.39 is 41.9 Å². The second-order valence-electron chi connectivity index (χ2n) is 8.33. The number of imide groups is 1. The number of carbonyl (C=O) groups excluding carboxylic acids is 4. The molecule has 2 aromatic rings. The number of benzene rings is 2. The van der Waals surface area contributed by atoms with Crippen molar-refractivity contribution >= 4 is 46.7 Å². The Morgan fingerprint density at radius 1 is 1.06 bits per heavy atom. The molecule has 0 spiro atoms. The third-order valence-corrected chi connectivity index (χ3v) is 6.69. The third kappa shape index (κ3) is 4.45. The van der Waals surface area contributed by atoms with E-state index in [4.69, 9.17) is 27.9 Å². The van der Waals surface area contributed by atoms with Crippen LogP contribution in [0.2, 0.25) is 10.0 Å². The number of ketones is 1. The Hall–Kier alpha value is -3.16. The maximum Gasteiger partial charge on any atom is 0.274 e. The van der Waals surface area contributed by atoms with Crippen molar-refractivity contribution in [3.8, 4) is 5.75 Å². The van der Waals surface area contributed by atoms with Gasteiger partial charge in [0.25, 0.3) is 17.7 Å². The number of amides is 3. The Bertz CT molecular complexity index is 1210. The molecule has 1 saturated heterocycles. The minimum Gasteiger partial charge on any atom is -0.497 e. The number of nitrogens with zero attached hydrogens (tertiary/aromatic N) is 2. The highest BCUT2D eigenvalue weighted by Gasteiger charge is 2.51. The fraction of sp³-hybridized carbons (Fsp3) is 0.280. The van der Waals surface area contributed by atoms with Crippen LogP contribution in [0.3, 0.4) is 0 Å². The van der Waals surface area contributed by atoms with Crippen LogP contribution < -0.4 is 4.74 Å². The number of ether oxygens (including phenoxy) is 1. The van der Waals surface area contributed by atoms with Crippen molar-refractivity contribution in [1.29, 1.82) is 0 Å². The van der Waals surface area contributed by atoms with Gasteiger partial charge in [-0.1, -0.05) is 34.9 Å². The molecular weight excluding hydrogens is 479 g/mol. The number of rotatable bonds is 6. The first-order valence-electron chi connectivity index (χ1n) is 10.7. The summed E-state index contributed by atoms with van der Waals surface area (Å²) in [6.07, 6.45) is 2.77. The minimum absolute atomic E-state index is 0.0263. The van der Waals surface area contributed by atoms with Crippen LogP contribution in [-0.4, -0.2) is 47.2 Å². The van der Waals surface area contributed by atoms with Crippen molar-refractivity contribution in [2.75, 3.05) is 13.7 Å². The Balaban J connectivity index is 1.70. The Morgan fingerprint density at radius 2 is 1.74 bits per heavy atom. The number of Topliss-reactive ketones (excluding diaryl/α,β-unsaturated/α-hetero) is 1. The van der Waals surface area contributed by atoms with E-state index in [9.17, 15) is 19.2 Å². The molecule has 2 atom stereocenters. The highest BCUT2D eigenvalue weighted by atomic mass is 35.5. The summed E-state index contributed by atoms with van der Waals surface area (Å²) < 4.78 is 5.12. The number of allylic oxidation sites excluding steroid dienone is 2. The van der Waals surface area contributed by atoms with E-state index in [0.29, 0.717) is 29.2 Å². The summed E-state index contributed by atoms with van der Waals surface area (Å²) in [5, 5.41) is 2.10. The van der Waals surface area contributed by atoms with Crippen LogP contribution in [0.1, 0.15) is 40.5 Å². The van der Waals surface area contributed by atoms with Gasteiger partial charge in [-0.05, 0) is 62.2 Å². The summed E-state index contributed by atoms with van der Waals surface area (Å²) in [6.45, 7) is 1.38. The molecule has 9 heteroatoms. The van der Waals surface area contributed by atoms with Gasteiger partial charge in [0.2, 0.25) is 0 Å². The maximum absolute atomic E-state index is 13.6. The number of hydrogen-bond acceptors (Lipinski definition) is 5. The Morgan fingerprint density at radius 3 is 2.38 bits per heavy atom. The molecule has 0 saturated carbocycles. The van der Waals surface area contributed by atoms with Crippen LogP contribution in [0, 0.1) is 11.8 Å². The molecule has 0 bridgehead atoms. The lowest BCUT2D eigenvalue weighted by Crippen LogP contribution is -2.52. The zero-order chi connectivity index (χ0) is 24.6. The van der Waals surface area contributed by atoms with Gasteiger partial charge in [0.1, 0.15) is 12.3 Å². The first-order chi connectivity index (χ1) is 16.2. The van der Waals surface area contributed by atoms with E-state index in [1.165, 1.54) is 25.3 Å². The predicted molar refractivity (Wildman–Crippen MR) is 127 cm³/mol. The fourth-order valence-electron chi connectivity index (χ4n) is 4.30. The van der Waals surface area contributed by atoms with Crippen LogP contribution in [0.5, 0.6) is 5.75 Å². The Labute approximate surface area is 206 Å². The van der Waals surface area contributed by atoms with Gasteiger partial charge in [0.15, 0.2) is 5.78 Å². The average molecular weight is 501 g/mol. The first kappa shape index (κ1) is 24.0. The molecule has 2 aromatic carbocycles. The molecule has 3 amide bonds. The molecule has 7 nitrogen and oxygen atoms in total. The lowest BCUT2D eigenvalue weighted by atomic mass is 9.82. The number of fused-ring (bicyclic) bond motifs is 1. The summed E-state index contributed by atoms with van der Waals surface area (Å²) in [5.41, 5.74) is 1.34. The molecule has 0 N–H and O–H groups in total. The quantitative estimate of drug-likeness (QED) is 0.329. The number of methoxy groups -OCH3 is 1. The molecule has 2 aliphatic rings. The summed E-state index contributed by atoms with van der Waals surface area (Å²) >= 11 is 12.2. The molecular formula is C25H22Cl2N2O5. The number of carbonyl (C=O) groups is 4. The summed E-state index contributed by atoms with van der Waals surface area (Å²) in [4.78, 5) is 53.3. The summed E-state index contributed by atoms with van der Waals surface area (Å²) in [6, 6.07) is 10.6. The van der Waals surface area contributed by atoms with Crippen LogP contribution in [-0.2, 0) is 9.59 Å². The predicted octanol–water partition coefficient (Wildman–Crippen LogP) is 4.58. The first-order valence-corrected chi connectivity index (χ1v) is 11.4. The highest BCUT2D eigenvalue weighted by Crippen LogP contribution is 2.39. The van der Waals surface area contributed by atoms with Crippen LogP contribution in [0.4, 0.5) is 0 Å². The lowest BCUT2D eigenvalue weighted by Gasteiger charge is -2.30. The topological polar surface area (TPSA) is 84.0 Å². The van der Waals surface area contributed by atoms with Crippen LogP contribution in [0.15, 0.2) is 54.1 Å². The largest absolute Gasteiger partial charge is 0.497 e. The lowest BCUT2D eigenvalue weighted by molar-refractivity contribution is -0.154. The molecule has 176 valence electrons. The standard InChI is InChI=1S/C25H22Cl2N2O5/c1-14-3-9-18-20(11-14)25(33)29(24(18)32)28(23(31)19-10-6-16(26)12-21(19)27)13-22(30)15-4-7-17(34-2)8-5-15/h3-8,10,12,18,20H,9,11,13H2,1-2H3/t18-,20+/m0/s1. The molecule has 1 aliphatic carbocycles. The number of hydrogen-bond donors (Lipinski definition) is 0. The molecule has 1 aliphatic heterocycles. The van der Waals surface area contributed by atoms with Gasteiger partial charge in [-0.2, -0.15) is 5.01 Å². The van der Waals surface area contributed by atoms with Crippen molar-refractivity contribution in [2.45, 2.75) is 19.8 Å². The van der Waals surface area contributed by atoms with Gasteiger partial charge in [-0.15, -0.1) is 0 Å². The summed E-state index contributed by atoms with van der Waals surface area (Å²) in [5.74, 6) is -2.76. The van der Waals surface area contributed by atoms with Gasteiger partial charge in [-0.25, -0.2) is 5.01 Å². The normalized spacial score (nSPS) is 19.5. The molecule has 0 unspecified atom stereocenters. The third-order valence-electron chi connectivity index (χ3n) is 6.14. The zero-order valence-electron chi connectivity index (χ0n) is 18.6. The molecule has 4 rings (SSSR count). The molecule has 1 heterocycles. The van der Waals surface area contributed by atoms with E-state index in [-0.39, 0.29) is 10.6 Å². The second-order valence-corrected chi connectivity index (χ2v) is 9.17. The van der Waals surface area contributed by atoms with Gasteiger partial charge < -0.3 is 4.74 Å². The van der Waals surface area contributed by atoms with Gasteiger partial charge in [0, 0.05) is 10.6 Å². The highest BCUT2D eigenvalue weighted by molar-refractivity contribution is 6.36. The molecule has 0 radical (unpaired) electrons. The number of hydrazine groups is 1.